The van der Waals surface area contributed by atoms with Crippen LogP contribution in [0.15, 0.2) is 48.5 Å². The number of nitrogens with zero attached hydrogens (tertiary/aromatic N) is 1. The number of hydrogen-bond acceptors (Lipinski definition) is 3. The minimum Gasteiger partial charge on any atom is -0.489 e. The molecule has 0 aliphatic carbocycles. The van der Waals surface area contributed by atoms with Gasteiger partial charge in [0.1, 0.15) is 12.4 Å². The van der Waals surface area contributed by atoms with Crippen LogP contribution in [-0.4, -0.2) is 29.9 Å². The predicted molar refractivity (Wildman–Crippen MR) is 116 cm³/mol. The normalized spacial score (nSPS) is 18.3. The molecule has 2 aromatic carbocycles. The molecule has 4 nitrogen and oxygen atoms in total. The van der Waals surface area contributed by atoms with Gasteiger partial charge in [-0.05, 0) is 47.2 Å². The number of likely N-dealkylation sites (tertiary alicyclic amines) is 1. The Morgan fingerprint density at radius 2 is 1.93 bits per heavy atom. The summed E-state index contributed by atoms with van der Waals surface area (Å²) in [6.07, 6.45) is 1.22. The minimum atomic E-state index is -0.0458. The van der Waals surface area contributed by atoms with Crippen molar-refractivity contribution in [3.8, 4) is 5.75 Å². The first kappa shape index (κ1) is 22.5. The molecule has 1 atom stereocenters. The Balaban J connectivity index is 0.00000280. The van der Waals surface area contributed by atoms with E-state index in [4.69, 9.17) is 22.1 Å². The summed E-state index contributed by atoms with van der Waals surface area (Å²) in [4.78, 5) is 14.7. The first-order chi connectivity index (χ1) is 12.8. The summed E-state index contributed by atoms with van der Waals surface area (Å²) >= 11 is 6.01. The van der Waals surface area contributed by atoms with Gasteiger partial charge >= 0.3 is 0 Å². The molecule has 1 amide bonds. The number of carbonyl (C=O) groups excluding carboxylic acids is 1. The molecule has 1 aliphatic heterocycles. The molecule has 6 heteroatoms. The number of piperidine rings is 1. The van der Waals surface area contributed by atoms with Crippen molar-refractivity contribution in [2.45, 2.75) is 39.3 Å². The molecule has 1 aliphatic rings. The number of amides is 1. The highest BCUT2D eigenvalue weighted by Crippen LogP contribution is 2.28. The van der Waals surface area contributed by atoms with Crippen LogP contribution in [0.25, 0.3) is 0 Å². The summed E-state index contributed by atoms with van der Waals surface area (Å²) in [5, 5.41) is 0.694. The van der Waals surface area contributed by atoms with E-state index in [2.05, 4.69) is 13.8 Å². The summed E-state index contributed by atoms with van der Waals surface area (Å²) in [5.41, 5.74) is 8.09. The Bertz CT molecular complexity index is 811. The van der Waals surface area contributed by atoms with E-state index >= 15 is 0 Å². The quantitative estimate of drug-likeness (QED) is 0.772. The average molecular weight is 423 g/mol. The van der Waals surface area contributed by atoms with Crippen LogP contribution in [0.3, 0.4) is 0 Å². The topological polar surface area (TPSA) is 55.6 Å². The zero-order valence-electron chi connectivity index (χ0n) is 16.4. The van der Waals surface area contributed by atoms with Crippen molar-refractivity contribution in [3.63, 3.8) is 0 Å². The standard InChI is InChI=1S/C22H27ClN2O2.ClH/c1-22(2)15-25(10-9-20(22)24)21(26)13-16-5-4-8-19(12-16)27-14-17-6-3-7-18(23)11-17;/h3-8,11-12,20H,9-10,13-15,24H2,1-2H3;1H. The lowest BCUT2D eigenvalue weighted by molar-refractivity contribution is -0.133. The smallest absolute Gasteiger partial charge is 0.227 e. The number of ether oxygens (including phenoxy) is 1. The number of carbonyl (C=O) groups is 1. The number of benzene rings is 2. The van der Waals surface area contributed by atoms with Crippen LogP contribution < -0.4 is 10.5 Å². The highest BCUT2D eigenvalue weighted by atomic mass is 35.5. The zero-order chi connectivity index (χ0) is 19.4. The Hall–Kier alpha value is -1.75. The molecule has 3 rings (SSSR count). The van der Waals surface area contributed by atoms with E-state index < -0.39 is 0 Å². The predicted octanol–water partition coefficient (Wildman–Crippen LogP) is 4.47. The van der Waals surface area contributed by atoms with E-state index in [0.717, 1.165) is 29.8 Å². The second kappa shape index (κ2) is 9.64. The third-order valence-corrected chi connectivity index (χ3v) is 5.45. The van der Waals surface area contributed by atoms with Crippen LogP contribution in [0.4, 0.5) is 0 Å². The molecule has 1 heterocycles. The van der Waals surface area contributed by atoms with E-state index in [1.807, 2.05) is 53.4 Å². The highest BCUT2D eigenvalue weighted by molar-refractivity contribution is 6.30. The number of rotatable bonds is 5. The monoisotopic (exact) mass is 422 g/mol. The fourth-order valence-electron chi connectivity index (χ4n) is 3.41. The molecular weight excluding hydrogens is 395 g/mol. The Kier molecular flexibility index (Phi) is 7.76. The largest absolute Gasteiger partial charge is 0.489 e. The van der Waals surface area contributed by atoms with Gasteiger partial charge in [0.25, 0.3) is 0 Å². The van der Waals surface area contributed by atoms with Crippen molar-refractivity contribution >= 4 is 29.9 Å². The molecule has 2 aromatic rings. The highest BCUT2D eigenvalue weighted by Gasteiger charge is 2.35. The average Bonchev–Trinajstić information content (AvgIpc) is 2.62. The third-order valence-electron chi connectivity index (χ3n) is 5.21. The molecule has 1 fully saturated rings. The molecule has 28 heavy (non-hydrogen) atoms. The van der Waals surface area contributed by atoms with Crippen molar-refractivity contribution in [3.05, 3.63) is 64.7 Å². The molecular formula is C22H28Cl2N2O2. The van der Waals surface area contributed by atoms with Crippen molar-refractivity contribution in [2.24, 2.45) is 11.1 Å². The van der Waals surface area contributed by atoms with Gasteiger partial charge in [-0.15, -0.1) is 12.4 Å². The van der Waals surface area contributed by atoms with Gasteiger partial charge in [-0.1, -0.05) is 49.7 Å². The molecule has 1 unspecified atom stereocenters. The van der Waals surface area contributed by atoms with E-state index in [1.54, 1.807) is 0 Å². The van der Waals surface area contributed by atoms with Crippen LogP contribution in [0.2, 0.25) is 5.02 Å². The van der Waals surface area contributed by atoms with Gasteiger partial charge in [-0.25, -0.2) is 0 Å². The molecule has 0 aromatic heterocycles. The minimum absolute atomic E-state index is 0. The van der Waals surface area contributed by atoms with Crippen LogP contribution in [-0.2, 0) is 17.8 Å². The van der Waals surface area contributed by atoms with E-state index in [9.17, 15) is 4.79 Å². The fourth-order valence-corrected chi connectivity index (χ4v) is 3.62. The summed E-state index contributed by atoms with van der Waals surface area (Å²) in [6.45, 7) is 6.13. The Morgan fingerprint density at radius 1 is 1.21 bits per heavy atom. The molecule has 0 bridgehead atoms. The maximum atomic E-state index is 12.7. The van der Waals surface area contributed by atoms with Crippen molar-refractivity contribution in [1.82, 2.24) is 4.90 Å². The maximum absolute atomic E-state index is 12.7. The number of nitrogens with two attached hydrogens (primary N) is 1. The van der Waals surface area contributed by atoms with Crippen LogP contribution in [0.5, 0.6) is 5.75 Å². The van der Waals surface area contributed by atoms with Gasteiger partial charge in [-0.3, -0.25) is 4.79 Å². The van der Waals surface area contributed by atoms with Crippen LogP contribution in [0, 0.1) is 5.41 Å². The fraction of sp³-hybridized carbons (Fsp3) is 0.409. The van der Waals surface area contributed by atoms with E-state index in [0.29, 0.717) is 24.6 Å². The lowest BCUT2D eigenvalue weighted by Crippen LogP contribution is -2.54. The SMILES string of the molecule is CC1(C)CN(C(=O)Cc2cccc(OCc3cccc(Cl)c3)c2)CCC1N.Cl. The molecule has 0 spiro atoms. The lowest BCUT2D eigenvalue weighted by atomic mass is 9.79. The van der Waals surface area contributed by atoms with E-state index in [-0.39, 0.29) is 29.8 Å². The van der Waals surface area contributed by atoms with Crippen molar-refractivity contribution in [1.29, 1.82) is 0 Å². The van der Waals surface area contributed by atoms with Gasteiger partial charge in [0.15, 0.2) is 0 Å². The first-order valence-electron chi connectivity index (χ1n) is 9.33. The van der Waals surface area contributed by atoms with Gasteiger partial charge < -0.3 is 15.4 Å². The van der Waals surface area contributed by atoms with E-state index in [1.165, 1.54) is 0 Å². The third kappa shape index (κ3) is 5.87. The van der Waals surface area contributed by atoms with Gasteiger partial charge in [0.2, 0.25) is 5.91 Å². The second-order valence-electron chi connectivity index (χ2n) is 7.94. The molecule has 2 N–H and O–H groups in total. The molecule has 1 saturated heterocycles. The summed E-state index contributed by atoms with van der Waals surface area (Å²) in [5.74, 6) is 0.892. The summed E-state index contributed by atoms with van der Waals surface area (Å²) < 4.78 is 5.86. The van der Waals surface area contributed by atoms with Gasteiger partial charge in [0, 0.05) is 24.2 Å². The van der Waals surface area contributed by atoms with Crippen LogP contribution >= 0.6 is 24.0 Å². The van der Waals surface area contributed by atoms with Crippen LogP contribution in [0.1, 0.15) is 31.4 Å². The molecule has 0 saturated carbocycles. The zero-order valence-corrected chi connectivity index (χ0v) is 17.9. The Morgan fingerprint density at radius 3 is 2.64 bits per heavy atom. The summed E-state index contributed by atoms with van der Waals surface area (Å²) in [7, 11) is 0. The summed E-state index contributed by atoms with van der Waals surface area (Å²) in [6, 6.07) is 15.5. The second-order valence-corrected chi connectivity index (χ2v) is 8.38. The Labute approximate surface area is 178 Å². The van der Waals surface area contributed by atoms with Crippen molar-refractivity contribution < 1.29 is 9.53 Å². The molecule has 0 radical (unpaired) electrons. The number of halogens is 2. The number of hydrogen-bond donors (Lipinski definition) is 1. The lowest BCUT2D eigenvalue weighted by Gasteiger charge is -2.42. The maximum Gasteiger partial charge on any atom is 0.227 e. The van der Waals surface area contributed by atoms with Gasteiger partial charge in [-0.2, -0.15) is 0 Å². The van der Waals surface area contributed by atoms with Gasteiger partial charge in [0.05, 0.1) is 6.42 Å². The van der Waals surface area contributed by atoms with Crippen molar-refractivity contribution in [2.75, 3.05) is 13.1 Å². The first-order valence-corrected chi connectivity index (χ1v) is 9.71. The molecule has 152 valence electrons.